The molecule has 2 heteroatoms. The van der Waals surface area contributed by atoms with Gasteiger partial charge >= 0.3 is 0 Å². The summed E-state index contributed by atoms with van der Waals surface area (Å²) in [5.74, 6) is 0.0470. The lowest BCUT2D eigenvalue weighted by atomic mass is 9.96. The minimum Gasteiger partial charge on any atom is -0.276 e. The first-order chi connectivity index (χ1) is 13.1. The van der Waals surface area contributed by atoms with Gasteiger partial charge in [-0.1, -0.05) is 54.6 Å². The summed E-state index contributed by atoms with van der Waals surface area (Å²) in [6.07, 6.45) is 0. The molecular formula is C25H19NO. The van der Waals surface area contributed by atoms with E-state index in [2.05, 4.69) is 62.4 Å². The number of carbonyl (C=O) groups is 1. The van der Waals surface area contributed by atoms with Crippen LogP contribution in [-0.4, -0.2) is 5.91 Å². The fourth-order valence-electron chi connectivity index (χ4n) is 4.19. The molecule has 0 N–H and O–H groups in total. The summed E-state index contributed by atoms with van der Waals surface area (Å²) in [4.78, 5) is 15.1. The molecule has 0 atom stereocenters. The van der Waals surface area contributed by atoms with Crippen LogP contribution in [0.3, 0.4) is 0 Å². The molecular weight excluding hydrogens is 330 g/mol. The van der Waals surface area contributed by atoms with Gasteiger partial charge in [-0.15, -0.1) is 0 Å². The van der Waals surface area contributed by atoms with E-state index in [1.807, 2.05) is 35.2 Å². The Balaban J connectivity index is 1.78. The number of benzene rings is 4. The summed E-state index contributed by atoms with van der Waals surface area (Å²) in [6, 6.07) is 26.9. The second kappa shape index (κ2) is 5.82. The minimum absolute atomic E-state index is 0.0470. The Kier molecular flexibility index (Phi) is 3.41. The first kappa shape index (κ1) is 15.8. The van der Waals surface area contributed by atoms with Gasteiger partial charge in [0, 0.05) is 11.1 Å². The van der Waals surface area contributed by atoms with Gasteiger partial charge in [-0.25, -0.2) is 0 Å². The number of rotatable bonds is 2. The maximum Gasteiger partial charge on any atom is 0.263 e. The molecule has 0 fully saturated rings. The van der Waals surface area contributed by atoms with Crippen molar-refractivity contribution in [3.05, 3.63) is 95.6 Å². The zero-order valence-electron chi connectivity index (χ0n) is 15.4. The molecule has 0 spiro atoms. The average Bonchev–Trinajstić information content (AvgIpc) is 2.96. The number of nitrogens with zero attached hydrogens (tertiary/aromatic N) is 1. The first-order valence-electron chi connectivity index (χ1n) is 9.17. The summed E-state index contributed by atoms with van der Waals surface area (Å²) >= 11 is 0. The summed E-state index contributed by atoms with van der Waals surface area (Å²) < 4.78 is 0. The van der Waals surface area contributed by atoms with Crippen LogP contribution in [0.4, 0.5) is 11.4 Å². The number of aryl methyl sites for hydroxylation is 2. The highest BCUT2D eigenvalue weighted by Gasteiger charge is 2.31. The fourth-order valence-corrected chi connectivity index (χ4v) is 4.19. The molecule has 130 valence electrons. The van der Waals surface area contributed by atoms with Crippen LogP contribution < -0.4 is 4.90 Å². The predicted octanol–water partition coefficient (Wildman–Crippen LogP) is 6.42. The second-order valence-electron chi connectivity index (χ2n) is 7.21. The first-order valence-corrected chi connectivity index (χ1v) is 9.17. The Labute approximate surface area is 158 Å². The Morgan fingerprint density at radius 2 is 1.44 bits per heavy atom. The third-order valence-electron chi connectivity index (χ3n) is 5.24. The topological polar surface area (TPSA) is 20.3 Å². The fraction of sp³-hybridized carbons (Fsp3) is 0.0800. The summed E-state index contributed by atoms with van der Waals surface area (Å²) in [5, 5.41) is 2.17. The van der Waals surface area contributed by atoms with Crippen LogP contribution in [0.1, 0.15) is 21.5 Å². The lowest BCUT2D eigenvalue weighted by molar-refractivity contribution is 0.100. The van der Waals surface area contributed by atoms with Crippen LogP contribution in [0.15, 0.2) is 78.9 Å². The molecule has 0 radical (unpaired) electrons. The molecule has 0 aromatic heterocycles. The van der Waals surface area contributed by atoms with Crippen molar-refractivity contribution in [2.75, 3.05) is 4.90 Å². The van der Waals surface area contributed by atoms with Gasteiger partial charge in [0.2, 0.25) is 0 Å². The Morgan fingerprint density at radius 1 is 0.704 bits per heavy atom. The van der Waals surface area contributed by atoms with Gasteiger partial charge < -0.3 is 0 Å². The zero-order valence-corrected chi connectivity index (χ0v) is 15.4. The van der Waals surface area contributed by atoms with E-state index in [0.29, 0.717) is 0 Å². The summed E-state index contributed by atoms with van der Waals surface area (Å²) in [7, 11) is 0. The van der Waals surface area contributed by atoms with Gasteiger partial charge in [0.1, 0.15) is 0 Å². The lowest BCUT2D eigenvalue weighted by Crippen LogP contribution is -2.21. The predicted molar refractivity (Wildman–Crippen MR) is 112 cm³/mol. The number of hydrogen-bond donors (Lipinski definition) is 0. The van der Waals surface area contributed by atoms with Crippen molar-refractivity contribution >= 4 is 28.1 Å². The van der Waals surface area contributed by atoms with Crippen molar-refractivity contribution in [3.8, 4) is 11.1 Å². The number of carbonyl (C=O) groups excluding carboxylic acids is 1. The van der Waals surface area contributed by atoms with E-state index in [1.54, 1.807) is 0 Å². The quantitative estimate of drug-likeness (QED) is 0.409. The van der Waals surface area contributed by atoms with E-state index < -0.39 is 0 Å². The molecule has 0 saturated carbocycles. The van der Waals surface area contributed by atoms with Gasteiger partial charge in [0.15, 0.2) is 0 Å². The maximum atomic E-state index is 13.3. The SMILES string of the molecule is Cc1cc(C)cc(N2C(=O)c3cccc4c(-c5ccccc5)ccc2c34)c1. The van der Waals surface area contributed by atoms with Crippen molar-refractivity contribution in [3.63, 3.8) is 0 Å². The number of amides is 1. The van der Waals surface area contributed by atoms with Gasteiger partial charge in [-0.3, -0.25) is 9.69 Å². The van der Waals surface area contributed by atoms with Gasteiger partial charge in [0.25, 0.3) is 5.91 Å². The molecule has 0 saturated heterocycles. The molecule has 0 aliphatic carbocycles. The molecule has 27 heavy (non-hydrogen) atoms. The number of anilines is 2. The van der Waals surface area contributed by atoms with E-state index in [0.717, 1.165) is 44.4 Å². The molecule has 1 aliphatic heterocycles. The molecule has 2 nitrogen and oxygen atoms in total. The van der Waals surface area contributed by atoms with Gasteiger partial charge in [-0.05, 0) is 65.8 Å². The Bertz CT molecular complexity index is 1190. The van der Waals surface area contributed by atoms with Crippen molar-refractivity contribution < 1.29 is 4.79 Å². The molecule has 5 rings (SSSR count). The van der Waals surface area contributed by atoms with Crippen molar-refractivity contribution in [1.29, 1.82) is 0 Å². The smallest absolute Gasteiger partial charge is 0.263 e. The molecule has 0 bridgehead atoms. The normalized spacial score (nSPS) is 12.8. The molecule has 1 amide bonds. The van der Waals surface area contributed by atoms with E-state index in [-0.39, 0.29) is 5.91 Å². The molecule has 4 aromatic carbocycles. The van der Waals surface area contributed by atoms with Crippen molar-refractivity contribution in [2.24, 2.45) is 0 Å². The van der Waals surface area contributed by atoms with E-state index >= 15 is 0 Å². The largest absolute Gasteiger partial charge is 0.276 e. The summed E-state index contributed by atoms with van der Waals surface area (Å²) in [6.45, 7) is 4.14. The monoisotopic (exact) mass is 349 g/mol. The van der Waals surface area contributed by atoms with Crippen molar-refractivity contribution in [2.45, 2.75) is 13.8 Å². The van der Waals surface area contributed by atoms with E-state index in [9.17, 15) is 4.79 Å². The van der Waals surface area contributed by atoms with E-state index in [1.165, 1.54) is 5.56 Å². The maximum absolute atomic E-state index is 13.3. The minimum atomic E-state index is 0.0470. The van der Waals surface area contributed by atoms with Crippen LogP contribution in [0.5, 0.6) is 0 Å². The third kappa shape index (κ3) is 2.37. The van der Waals surface area contributed by atoms with Crippen molar-refractivity contribution in [1.82, 2.24) is 0 Å². The van der Waals surface area contributed by atoms with Gasteiger partial charge in [-0.2, -0.15) is 0 Å². The standard InChI is InChI=1S/C25H19NO/c1-16-13-17(2)15-19(14-16)26-23-12-11-20(18-7-4-3-5-8-18)21-9-6-10-22(24(21)23)25(26)27/h3-15H,1-2H3. The Hall–Kier alpha value is -3.39. The highest BCUT2D eigenvalue weighted by atomic mass is 16.2. The highest BCUT2D eigenvalue weighted by Crippen LogP contribution is 2.45. The molecule has 1 heterocycles. The van der Waals surface area contributed by atoms with Gasteiger partial charge in [0.05, 0.1) is 11.3 Å². The second-order valence-corrected chi connectivity index (χ2v) is 7.21. The highest BCUT2D eigenvalue weighted by molar-refractivity contribution is 6.29. The summed E-state index contributed by atoms with van der Waals surface area (Å²) in [5.41, 5.74) is 7.32. The van der Waals surface area contributed by atoms with Crippen LogP contribution in [0.25, 0.3) is 21.9 Å². The average molecular weight is 349 g/mol. The van der Waals surface area contributed by atoms with Crippen LogP contribution in [-0.2, 0) is 0 Å². The van der Waals surface area contributed by atoms with Crippen LogP contribution >= 0.6 is 0 Å². The third-order valence-corrected chi connectivity index (χ3v) is 5.24. The van der Waals surface area contributed by atoms with Crippen LogP contribution in [0.2, 0.25) is 0 Å². The zero-order chi connectivity index (χ0) is 18.5. The molecule has 4 aromatic rings. The van der Waals surface area contributed by atoms with Crippen LogP contribution in [0, 0.1) is 13.8 Å². The molecule has 0 unspecified atom stereocenters. The number of hydrogen-bond acceptors (Lipinski definition) is 1. The lowest BCUT2D eigenvalue weighted by Gasteiger charge is -2.19. The molecule has 1 aliphatic rings. The Morgan fingerprint density at radius 3 is 2.19 bits per heavy atom. The van der Waals surface area contributed by atoms with E-state index in [4.69, 9.17) is 0 Å².